The number of hydrogen-bond acceptors (Lipinski definition) is 6. The predicted octanol–water partition coefficient (Wildman–Crippen LogP) is 2.67. The maximum absolute atomic E-state index is 12.7. The van der Waals surface area contributed by atoms with Gasteiger partial charge >= 0.3 is 0 Å². The molecule has 11 heteroatoms. The van der Waals surface area contributed by atoms with Crippen LogP contribution < -0.4 is 16.4 Å². The van der Waals surface area contributed by atoms with E-state index in [-0.39, 0.29) is 27.8 Å². The summed E-state index contributed by atoms with van der Waals surface area (Å²) in [7, 11) is 0. The fourth-order valence-electron chi connectivity index (χ4n) is 2.52. The number of primary amides is 1. The molecular formula is C19H16F2N4O4S. The number of carbonyl (C=O) groups is 3. The van der Waals surface area contributed by atoms with Gasteiger partial charge in [0.05, 0.1) is 16.5 Å². The van der Waals surface area contributed by atoms with E-state index in [0.717, 1.165) is 12.5 Å². The van der Waals surface area contributed by atoms with Gasteiger partial charge in [-0.05, 0) is 5.56 Å². The van der Waals surface area contributed by atoms with Crippen molar-refractivity contribution in [1.82, 2.24) is 15.6 Å². The molecule has 2 aromatic heterocycles. The second-order valence-corrected chi connectivity index (χ2v) is 7.14. The smallest absolute Gasteiger partial charge is 0.287 e. The summed E-state index contributed by atoms with van der Waals surface area (Å²) < 4.78 is 30.5. The highest BCUT2D eigenvalue weighted by Crippen LogP contribution is 2.25. The number of amides is 3. The average molecular weight is 434 g/mol. The zero-order valence-corrected chi connectivity index (χ0v) is 16.1. The van der Waals surface area contributed by atoms with Crippen molar-refractivity contribution in [1.29, 1.82) is 0 Å². The first-order chi connectivity index (χ1) is 14.3. The molecule has 0 aliphatic heterocycles. The van der Waals surface area contributed by atoms with E-state index >= 15 is 0 Å². The van der Waals surface area contributed by atoms with Crippen molar-refractivity contribution in [2.24, 2.45) is 5.73 Å². The number of thiazole rings is 1. The minimum absolute atomic E-state index is 0.0335. The summed E-state index contributed by atoms with van der Waals surface area (Å²) in [6.07, 6.45) is -0.695. The summed E-state index contributed by atoms with van der Waals surface area (Å²) >= 11 is 0.594. The molecule has 8 nitrogen and oxygen atoms in total. The summed E-state index contributed by atoms with van der Waals surface area (Å²) in [6, 6.07) is 9.29. The van der Waals surface area contributed by atoms with Crippen LogP contribution >= 0.6 is 11.3 Å². The van der Waals surface area contributed by atoms with Gasteiger partial charge in [0, 0.05) is 18.8 Å². The number of hydrogen-bond donors (Lipinski definition) is 3. The number of nitrogens with one attached hydrogen (secondary N) is 2. The van der Waals surface area contributed by atoms with Gasteiger partial charge in [0.1, 0.15) is 6.26 Å². The lowest BCUT2D eigenvalue weighted by atomic mass is 10.1. The second kappa shape index (κ2) is 9.27. The third-order valence-corrected chi connectivity index (χ3v) is 5.02. The van der Waals surface area contributed by atoms with Gasteiger partial charge in [0.15, 0.2) is 10.8 Å². The summed E-state index contributed by atoms with van der Waals surface area (Å²) in [5, 5.41) is 5.15. The Morgan fingerprint density at radius 2 is 1.90 bits per heavy atom. The molecule has 1 atom stereocenters. The Hall–Kier alpha value is -3.60. The molecule has 0 saturated carbocycles. The van der Waals surface area contributed by atoms with Crippen molar-refractivity contribution < 1.29 is 27.6 Å². The summed E-state index contributed by atoms with van der Waals surface area (Å²) in [4.78, 5) is 39.3. The van der Waals surface area contributed by atoms with E-state index in [1.165, 1.54) is 6.07 Å². The van der Waals surface area contributed by atoms with Gasteiger partial charge in [-0.3, -0.25) is 14.4 Å². The number of nitrogens with zero attached hydrogens (tertiary/aromatic N) is 1. The molecule has 0 radical (unpaired) electrons. The fraction of sp³-hybridized carbons (Fsp3) is 0.158. The number of aromatic nitrogens is 1. The molecule has 0 spiro atoms. The van der Waals surface area contributed by atoms with E-state index in [1.807, 2.05) is 0 Å². The van der Waals surface area contributed by atoms with Gasteiger partial charge in [0.25, 0.3) is 24.1 Å². The molecule has 2 heterocycles. The molecule has 1 aromatic carbocycles. The normalized spacial score (nSPS) is 11.8. The Kier molecular flexibility index (Phi) is 6.52. The number of furan rings is 1. The third-order valence-electron chi connectivity index (χ3n) is 4.01. The van der Waals surface area contributed by atoms with Crippen molar-refractivity contribution in [3.63, 3.8) is 0 Å². The molecule has 0 bridgehead atoms. The standard InChI is InChI=1S/C19H16F2N4O4S/c20-15(21)14-8-24-19(30-14)18(28)25-12(10-4-2-1-3-5-10)7-23-17(27)13-6-11(9-29-13)16(22)26/h1-6,8-9,12,15H,7H2,(H2,22,26)(H,23,27)(H,25,28). The first-order valence-electron chi connectivity index (χ1n) is 8.61. The molecule has 0 saturated heterocycles. The maximum Gasteiger partial charge on any atom is 0.287 e. The van der Waals surface area contributed by atoms with Crippen molar-refractivity contribution in [3.8, 4) is 0 Å². The van der Waals surface area contributed by atoms with Crippen LogP contribution in [0.3, 0.4) is 0 Å². The highest BCUT2D eigenvalue weighted by Gasteiger charge is 2.22. The Labute approximate surface area is 173 Å². The highest BCUT2D eigenvalue weighted by atomic mass is 32.1. The molecule has 4 N–H and O–H groups in total. The van der Waals surface area contributed by atoms with E-state index in [9.17, 15) is 23.2 Å². The monoisotopic (exact) mass is 434 g/mol. The van der Waals surface area contributed by atoms with Gasteiger partial charge in [-0.25, -0.2) is 13.8 Å². The molecule has 3 aromatic rings. The number of carbonyl (C=O) groups excluding carboxylic acids is 3. The predicted molar refractivity (Wildman–Crippen MR) is 103 cm³/mol. The lowest BCUT2D eigenvalue weighted by Crippen LogP contribution is -2.37. The van der Waals surface area contributed by atoms with Gasteiger partial charge in [-0.15, -0.1) is 11.3 Å². The zero-order chi connectivity index (χ0) is 21.7. The largest absolute Gasteiger partial charge is 0.458 e. The van der Waals surface area contributed by atoms with E-state index in [4.69, 9.17) is 10.2 Å². The van der Waals surface area contributed by atoms with Crippen LogP contribution in [0.5, 0.6) is 0 Å². The van der Waals surface area contributed by atoms with E-state index in [1.54, 1.807) is 30.3 Å². The van der Waals surface area contributed by atoms with Gasteiger partial charge < -0.3 is 20.8 Å². The van der Waals surface area contributed by atoms with Crippen LogP contribution in [-0.4, -0.2) is 29.3 Å². The maximum atomic E-state index is 12.7. The van der Waals surface area contributed by atoms with Crippen molar-refractivity contribution >= 4 is 29.1 Å². The van der Waals surface area contributed by atoms with Crippen LogP contribution in [-0.2, 0) is 0 Å². The minimum atomic E-state index is -2.72. The van der Waals surface area contributed by atoms with Crippen LogP contribution in [0.25, 0.3) is 0 Å². The van der Waals surface area contributed by atoms with Crippen molar-refractivity contribution in [3.05, 3.63) is 75.6 Å². The lowest BCUT2D eigenvalue weighted by Gasteiger charge is -2.19. The van der Waals surface area contributed by atoms with Crippen molar-refractivity contribution in [2.75, 3.05) is 6.54 Å². The first-order valence-corrected chi connectivity index (χ1v) is 9.43. The molecule has 1 unspecified atom stereocenters. The third kappa shape index (κ3) is 5.06. The first kappa shape index (κ1) is 21.1. The number of rotatable bonds is 8. The number of benzene rings is 1. The van der Waals surface area contributed by atoms with Crippen LogP contribution in [0.4, 0.5) is 8.78 Å². The number of nitrogens with two attached hydrogens (primary N) is 1. The minimum Gasteiger partial charge on any atom is -0.458 e. The highest BCUT2D eigenvalue weighted by molar-refractivity contribution is 7.13. The Morgan fingerprint density at radius 3 is 2.50 bits per heavy atom. The SMILES string of the molecule is NC(=O)c1coc(C(=O)NCC(NC(=O)c2ncc(C(F)F)s2)c2ccccc2)c1. The van der Waals surface area contributed by atoms with Crippen LogP contribution in [0.2, 0.25) is 0 Å². The molecule has 0 aliphatic rings. The topological polar surface area (TPSA) is 127 Å². The Morgan fingerprint density at radius 1 is 1.17 bits per heavy atom. The van der Waals surface area contributed by atoms with E-state index in [2.05, 4.69) is 15.6 Å². The molecule has 0 fully saturated rings. The molecule has 3 amide bonds. The summed E-state index contributed by atoms with van der Waals surface area (Å²) in [5.41, 5.74) is 5.85. The fourth-order valence-corrected chi connectivity index (χ4v) is 3.19. The second-order valence-electron chi connectivity index (χ2n) is 6.08. The lowest BCUT2D eigenvalue weighted by molar-refractivity contribution is 0.0894. The Balaban J connectivity index is 1.71. The van der Waals surface area contributed by atoms with Crippen molar-refractivity contribution in [2.45, 2.75) is 12.5 Å². The van der Waals surface area contributed by atoms with Crippen LogP contribution in [0.1, 0.15) is 53.6 Å². The van der Waals surface area contributed by atoms with Gasteiger partial charge in [0.2, 0.25) is 0 Å². The van der Waals surface area contributed by atoms with E-state index < -0.39 is 30.2 Å². The van der Waals surface area contributed by atoms with Crippen LogP contribution in [0, 0.1) is 0 Å². The molecule has 156 valence electrons. The van der Waals surface area contributed by atoms with Crippen LogP contribution in [0.15, 0.2) is 53.3 Å². The molecule has 3 rings (SSSR count). The number of halogens is 2. The molecular weight excluding hydrogens is 418 g/mol. The summed E-state index contributed by atoms with van der Waals surface area (Å²) in [5.74, 6) is -2.13. The quantitative estimate of drug-likeness (QED) is 0.502. The van der Waals surface area contributed by atoms with Gasteiger partial charge in [-0.2, -0.15) is 0 Å². The number of alkyl halides is 2. The zero-order valence-electron chi connectivity index (χ0n) is 15.3. The molecule has 30 heavy (non-hydrogen) atoms. The van der Waals surface area contributed by atoms with Gasteiger partial charge in [-0.1, -0.05) is 30.3 Å². The summed E-state index contributed by atoms with van der Waals surface area (Å²) in [6.45, 7) is -0.0335. The van der Waals surface area contributed by atoms with E-state index in [0.29, 0.717) is 16.9 Å². The Bertz CT molecular complexity index is 1050. The molecule has 0 aliphatic carbocycles. The average Bonchev–Trinajstić information content (AvgIpc) is 3.41.